The second-order valence-corrected chi connectivity index (χ2v) is 7.64. The van der Waals surface area contributed by atoms with Crippen LogP contribution in [0.4, 0.5) is 0 Å². The summed E-state index contributed by atoms with van der Waals surface area (Å²) in [6.07, 6.45) is 7.33. The molecule has 0 radical (unpaired) electrons. The summed E-state index contributed by atoms with van der Waals surface area (Å²) in [4.78, 5) is 12.7. The van der Waals surface area contributed by atoms with Gasteiger partial charge in [-0.3, -0.25) is 4.79 Å². The van der Waals surface area contributed by atoms with Crippen molar-refractivity contribution in [2.75, 3.05) is 34.5 Å². The summed E-state index contributed by atoms with van der Waals surface area (Å²) in [5.74, 6) is 2.01. The third kappa shape index (κ3) is 6.83. The van der Waals surface area contributed by atoms with Gasteiger partial charge in [0.1, 0.15) is 23.9 Å². The van der Waals surface area contributed by atoms with Gasteiger partial charge in [0.15, 0.2) is 5.78 Å². The Morgan fingerprint density at radius 3 is 2.29 bits per heavy atom. The van der Waals surface area contributed by atoms with Crippen LogP contribution in [0.5, 0.6) is 17.2 Å². The highest BCUT2D eigenvalue weighted by Gasteiger charge is 2.10. The molecule has 0 N–H and O–H groups in total. The molecule has 3 aromatic rings. The van der Waals surface area contributed by atoms with E-state index >= 15 is 0 Å². The highest BCUT2D eigenvalue weighted by atomic mass is 16.5. The van der Waals surface area contributed by atoms with Crippen LogP contribution in [0.3, 0.4) is 0 Å². The van der Waals surface area contributed by atoms with Crippen LogP contribution in [0.2, 0.25) is 0 Å². The molecule has 0 aliphatic rings. The van der Waals surface area contributed by atoms with Gasteiger partial charge in [-0.2, -0.15) is 0 Å². The lowest BCUT2D eigenvalue weighted by Gasteiger charge is -2.12. The summed E-state index contributed by atoms with van der Waals surface area (Å²) < 4.78 is 21.7. The Bertz CT molecular complexity index is 1160. The molecule has 3 rings (SSSR count). The summed E-state index contributed by atoms with van der Waals surface area (Å²) in [7, 11) is 4.86. The van der Waals surface area contributed by atoms with Crippen LogP contribution in [0, 0.1) is 6.92 Å². The van der Waals surface area contributed by atoms with Crippen molar-refractivity contribution < 1.29 is 23.7 Å². The number of allylic oxidation sites excluding steroid dienone is 1. The topological polar surface area (TPSA) is 54.0 Å². The maximum absolute atomic E-state index is 12.7. The molecule has 0 saturated heterocycles. The maximum atomic E-state index is 12.7. The first-order chi connectivity index (χ1) is 16.5. The van der Waals surface area contributed by atoms with E-state index in [2.05, 4.69) is 0 Å². The first kappa shape index (κ1) is 24.8. The lowest BCUT2D eigenvalue weighted by atomic mass is 10.0. The molecule has 0 bridgehead atoms. The fraction of sp³-hybridized carbons (Fsp3) is 0.207. The molecule has 5 heteroatoms. The second-order valence-electron chi connectivity index (χ2n) is 7.64. The summed E-state index contributed by atoms with van der Waals surface area (Å²) in [6.45, 7) is 3.02. The van der Waals surface area contributed by atoms with Gasteiger partial charge in [0, 0.05) is 24.3 Å². The van der Waals surface area contributed by atoms with Crippen molar-refractivity contribution in [3.8, 4) is 17.2 Å². The zero-order valence-corrected chi connectivity index (χ0v) is 20.0. The van der Waals surface area contributed by atoms with E-state index in [0.717, 1.165) is 28.0 Å². The van der Waals surface area contributed by atoms with E-state index in [1.807, 2.05) is 73.7 Å². The standard InChI is InChI=1S/C29H30O5/c1-21-6-5-7-24(18-21)28(30)15-14-27-23(19-26(32-3)20-29(27)33-4)11-8-22-9-12-25(13-10-22)34-17-16-31-2/h5-15,18-20H,16-17H2,1-4H3/b11-8+,15-14+. The normalized spacial score (nSPS) is 11.2. The van der Waals surface area contributed by atoms with Crippen LogP contribution in [-0.2, 0) is 4.74 Å². The van der Waals surface area contributed by atoms with Crippen LogP contribution in [0.1, 0.15) is 32.6 Å². The largest absolute Gasteiger partial charge is 0.497 e. The number of carbonyl (C=O) groups excluding carboxylic acids is 1. The van der Waals surface area contributed by atoms with Crippen LogP contribution >= 0.6 is 0 Å². The van der Waals surface area contributed by atoms with Crippen molar-refractivity contribution in [1.29, 1.82) is 0 Å². The molecule has 5 nitrogen and oxygen atoms in total. The molecule has 0 saturated carbocycles. The van der Waals surface area contributed by atoms with E-state index in [4.69, 9.17) is 18.9 Å². The van der Waals surface area contributed by atoms with Gasteiger partial charge in [0.2, 0.25) is 0 Å². The van der Waals surface area contributed by atoms with Gasteiger partial charge in [-0.25, -0.2) is 0 Å². The molecule has 0 aliphatic heterocycles. The molecule has 0 amide bonds. The third-order valence-electron chi connectivity index (χ3n) is 5.20. The number of benzene rings is 3. The van der Waals surface area contributed by atoms with E-state index in [0.29, 0.717) is 30.3 Å². The predicted octanol–water partition coefficient (Wildman–Crippen LogP) is 6.10. The molecule has 0 unspecified atom stereocenters. The van der Waals surface area contributed by atoms with E-state index in [1.165, 1.54) is 0 Å². The SMILES string of the molecule is COCCOc1ccc(/C=C/c2cc(OC)cc(OC)c2/C=C/C(=O)c2cccc(C)c2)cc1. The first-order valence-electron chi connectivity index (χ1n) is 11.0. The van der Waals surface area contributed by atoms with Crippen molar-refractivity contribution >= 4 is 24.0 Å². The van der Waals surface area contributed by atoms with Gasteiger partial charge < -0.3 is 18.9 Å². The fourth-order valence-corrected chi connectivity index (χ4v) is 3.38. The zero-order chi connectivity index (χ0) is 24.3. The van der Waals surface area contributed by atoms with Crippen LogP contribution in [0.15, 0.2) is 66.7 Å². The van der Waals surface area contributed by atoms with Gasteiger partial charge in [0.25, 0.3) is 0 Å². The molecule has 0 heterocycles. The Morgan fingerprint density at radius 1 is 0.824 bits per heavy atom. The zero-order valence-electron chi connectivity index (χ0n) is 20.0. The van der Waals surface area contributed by atoms with Gasteiger partial charge >= 0.3 is 0 Å². The molecular formula is C29H30O5. The predicted molar refractivity (Wildman–Crippen MR) is 137 cm³/mol. The summed E-state index contributed by atoms with van der Waals surface area (Å²) in [5.41, 5.74) is 4.35. The monoisotopic (exact) mass is 458 g/mol. The minimum atomic E-state index is -0.0689. The van der Waals surface area contributed by atoms with Crippen LogP contribution < -0.4 is 14.2 Å². The Kier molecular flexibility index (Phi) is 9.06. The van der Waals surface area contributed by atoms with Gasteiger partial charge in [-0.15, -0.1) is 0 Å². The van der Waals surface area contributed by atoms with E-state index in [9.17, 15) is 4.79 Å². The Morgan fingerprint density at radius 2 is 1.62 bits per heavy atom. The highest BCUT2D eigenvalue weighted by Crippen LogP contribution is 2.31. The Balaban J connectivity index is 1.88. The minimum absolute atomic E-state index is 0.0689. The lowest BCUT2D eigenvalue weighted by molar-refractivity contribution is 0.104. The molecule has 0 atom stereocenters. The molecule has 3 aromatic carbocycles. The van der Waals surface area contributed by atoms with E-state index < -0.39 is 0 Å². The first-order valence-corrected chi connectivity index (χ1v) is 11.0. The average Bonchev–Trinajstić information content (AvgIpc) is 2.86. The quantitative estimate of drug-likeness (QED) is 0.150. The molecule has 0 spiro atoms. The molecular weight excluding hydrogens is 428 g/mol. The van der Waals surface area contributed by atoms with Crippen molar-refractivity contribution in [3.63, 3.8) is 0 Å². The molecule has 0 fully saturated rings. The molecule has 0 aliphatic carbocycles. The minimum Gasteiger partial charge on any atom is -0.497 e. The number of ketones is 1. The van der Waals surface area contributed by atoms with Crippen molar-refractivity contribution in [1.82, 2.24) is 0 Å². The second kappa shape index (κ2) is 12.4. The number of hydrogen-bond acceptors (Lipinski definition) is 5. The molecule has 34 heavy (non-hydrogen) atoms. The number of hydrogen-bond donors (Lipinski definition) is 0. The number of ether oxygens (including phenoxy) is 4. The van der Waals surface area contributed by atoms with E-state index in [1.54, 1.807) is 39.5 Å². The van der Waals surface area contributed by atoms with Crippen molar-refractivity contribution in [2.24, 2.45) is 0 Å². The maximum Gasteiger partial charge on any atom is 0.185 e. The summed E-state index contributed by atoms with van der Waals surface area (Å²) >= 11 is 0. The third-order valence-corrected chi connectivity index (χ3v) is 5.20. The van der Waals surface area contributed by atoms with Crippen LogP contribution in [-0.4, -0.2) is 40.3 Å². The molecule has 0 aromatic heterocycles. The average molecular weight is 459 g/mol. The smallest absolute Gasteiger partial charge is 0.185 e. The number of rotatable bonds is 11. The number of aryl methyl sites for hydroxylation is 1. The summed E-state index contributed by atoms with van der Waals surface area (Å²) in [6, 6.07) is 19.1. The fourth-order valence-electron chi connectivity index (χ4n) is 3.38. The highest BCUT2D eigenvalue weighted by molar-refractivity contribution is 6.07. The van der Waals surface area contributed by atoms with Gasteiger partial charge in [-0.1, -0.05) is 48.0 Å². The van der Waals surface area contributed by atoms with Crippen molar-refractivity contribution in [2.45, 2.75) is 6.92 Å². The number of methoxy groups -OCH3 is 3. The Labute approximate surface area is 201 Å². The summed E-state index contributed by atoms with van der Waals surface area (Å²) in [5, 5.41) is 0. The van der Waals surface area contributed by atoms with Gasteiger partial charge in [-0.05, 0) is 54.5 Å². The number of carbonyl (C=O) groups is 1. The lowest BCUT2D eigenvalue weighted by Crippen LogP contribution is -2.03. The van der Waals surface area contributed by atoms with Gasteiger partial charge in [0.05, 0.1) is 20.8 Å². The Hall–Kier alpha value is -3.83. The molecule has 176 valence electrons. The van der Waals surface area contributed by atoms with Crippen molar-refractivity contribution in [3.05, 3.63) is 94.6 Å². The van der Waals surface area contributed by atoms with Crippen LogP contribution in [0.25, 0.3) is 18.2 Å². The van der Waals surface area contributed by atoms with E-state index in [-0.39, 0.29) is 5.78 Å².